The number of alkyl halides is 1. The summed E-state index contributed by atoms with van der Waals surface area (Å²) in [6.45, 7) is 5.05. The minimum absolute atomic E-state index is 0.282. The number of hydrogen-bond acceptors (Lipinski definition) is 1. The van der Waals surface area contributed by atoms with Gasteiger partial charge in [-0.1, -0.05) is 53.4 Å². The molecule has 1 aromatic carbocycles. The fraction of sp³-hybridized carbons (Fsp3) is 0.611. The van der Waals surface area contributed by atoms with Crippen LogP contribution < -0.4 is 0 Å². The van der Waals surface area contributed by atoms with Crippen molar-refractivity contribution in [2.24, 2.45) is 0 Å². The molecule has 1 amide bonds. The molecule has 1 aromatic rings. The van der Waals surface area contributed by atoms with Crippen LogP contribution in [0.15, 0.2) is 18.2 Å². The van der Waals surface area contributed by atoms with E-state index in [1.54, 1.807) is 0 Å². The number of nitrogens with zero attached hydrogens (tertiary/aromatic N) is 1. The summed E-state index contributed by atoms with van der Waals surface area (Å²) in [6, 6.07) is 6.82. The van der Waals surface area contributed by atoms with Crippen molar-refractivity contribution in [3.8, 4) is 0 Å². The minimum atomic E-state index is 0.282. The Bertz CT molecular complexity index is 480. The first-order valence-electron chi connectivity index (χ1n) is 8.03. The number of carbonyl (C=O) groups excluding carboxylic acids is 1. The molecule has 1 aliphatic carbocycles. The van der Waals surface area contributed by atoms with E-state index in [0.717, 1.165) is 17.4 Å². The maximum absolute atomic E-state index is 12.7. The molecule has 0 bridgehead atoms. The predicted molar refractivity (Wildman–Crippen MR) is 92.0 cm³/mol. The van der Waals surface area contributed by atoms with Crippen molar-refractivity contribution in [1.29, 1.82) is 0 Å². The van der Waals surface area contributed by atoms with Gasteiger partial charge in [-0.15, -0.1) is 0 Å². The summed E-state index contributed by atoms with van der Waals surface area (Å²) in [5.41, 5.74) is 3.69. The number of benzene rings is 1. The van der Waals surface area contributed by atoms with E-state index in [0.29, 0.717) is 12.5 Å². The quantitative estimate of drug-likeness (QED) is 0.719. The molecule has 0 atom stereocenters. The van der Waals surface area contributed by atoms with Gasteiger partial charge in [-0.05, 0) is 43.4 Å². The molecule has 0 N–H and O–H groups in total. The van der Waals surface area contributed by atoms with E-state index in [1.807, 2.05) is 0 Å². The van der Waals surface area contributed by atoms with E-state index >= 15 is 0 Å². The molecule has 0 saturated heterocycles. The topological polar surface area (TPSA) is 20.3 Å². The molecule has 2 nitrogen and oxygen atoms in total. The van der Waals surface area contributed by atoms with Gasteiger partial charge in [-0.25, -0.2) is 0 Å². The first-order chi connectivity index (χ1) is 10.1. The van der Waals surface area contributed by atoms with E-state index in [-0.39, 0.29) is 5.91 Å². The molecule has 0 radical (unpaired) electrons. The van der Waals surface area contributed by atoms with E-state index in [9.17, 15) is 4.79 Å². The summed E-state index contributed by atoms with van der Waals surface area (Å²) in [4.78, 5) is 14.8. The Morgan fingerprint density at radius 1 is 1.19 bits per heavy atom. The Labute approximate surface area is 137 Å². The second kappa shape index (κ2) is 7.98. The highest BCUT2D eigenvalue weighted by atomic mass is 79.9. The lowest BCUT2D eigenvalue weighted by Crippen LogP contribution is -2.43. The number of halogens is 1. The number of aryl methyl sites for hydroxylation is 2. The van der Waals surface area contributed by atoms with Crippen LogP contribution in [0.1, 0.15) is 48.8 Å². The third-order valence-corrected chi connectivity index (χ3v) is 4.94. The SMILES string of the molecule is Cc1ccc(CC(=O)N(CCBr)C2CCCCC2)cc1C. The van der Waals surface area contributed by atoms with Gasteiger partial charge in [0.2, 0.25) is 5.91 Å². The average molecular weight is 352 g/mol. The van der Waals surface area contributed by atoms with Gasteiger partial charge in [-0.2, -0.15) is 0 Å². The molecule has 0 spiro atoms. The Hall–Kier alpha value is -0.830. The normalized spacial score (nSPS) is 16.0. The predicted octanol–water partition coefficient (Wildman–Crippen LogP) is 4.40. The highest BCUT2D eigenvalue weighted by Crippen LogP contribution is 2.23. The van der Waals surface area contributed by atoms with Crippen molar-refractivity contribution in [2.75, 3.05) is 11.9 Å². The van der Waals surface area contributed by atoms with Crippen molar-refractivity contribution >= 4 is 21.8 Å². The van der Waals surface area contributed by atoms with Crippen molar-refractivity contribution < 1.29 is 4.79 Å². The van der Waals surface area contributed by atoms with Gasteiger partial charge < -0.3 is 4.90 Å². The smallest absolute Gasteiger partial charge is 0.227 e. The standard InChI is InChI=1S/C18H26BrNO/c1-14-8-9-16(12-15(14)2)13-18(21)20(11-10-19)17-6-4-3-5-7-17/h8-9,12,17H,3-7,10-11,13H2,1-2H3. The van der Waals surface area contributed by atoms with Crippen molar-refractivity contribution in [3.63, 3.8) is 0 Å². The van der Waals surface area contributed by atoms with Crippen LogP contribution in [0, 0.1) is 13.8 Å². The monoisotopic (exact) mass is 351 g/mol. The van der Waals surface area contributed by atoms with Gasteiger partial charge in [0.25, 0.3) is 0 Å². The third kappa shape index (κ3) is 4.57. The molecule has 2 rings (SSSR count). The van der Waals surface area contributed by atoms with Crippen LogP contribution >= 0.6 is 15.9 Å². The van der Waals surface area contributed by atoms with Crippen molar-refractivity contribution in [2.45, 2.75) is 58.4 Å². The summed E-state index contributed by atoms with van der Waals surface area (Å²) in [5.74, 6) is 0.282. The first-order valence-corrected chi connectivity index (χ1v) is 9.15. The van der Waals surface area contributed by atoms with Crippen LogP contribution in [0.2, 0.25) is 0 Å². The summed E-state index contributed by atoms with van der Waals surface area (Å²) < 4.78 is 0. The third-order valence-electron chi connectivity index (χ3n) is 4.59. The van der Waals surface area contributed by atoms with Crippen molar-refractivity contribution in [3.05, 3.63) is 34.9 Å². The van der Waals surface area contributed by atoms with Crippen LogP contribution in [0.5, 0.6) is 0 Å². The van der Waals surface area contributed by atoms with Gasteiger partial charge in [0.05, 0.1) is 6.42 Å². The van der Waals surface area contributed by atoms with Crippen LogP contribution in [-0.4, -0.2) is 28.7 Å². The minimum Gasteiger partial charge on any atom is -0.339 e. The molecular weight excluding hydrogens is 326 g/mol. The molecular formula is C18H26BrNO. The van der Waals surface area contributed by atoms with E-state index in [4.69, 9.17) is 0 Å². The fourth-order valence-electron chi connectivity index (χ4n) is 3.18. The van der Waals surface area contributed by atoms with Gasteiger partial charge in [-0.3, -0.25) is 4.79 Å². The van der Waals surface area contributed by atoms with E-state index in [2.05, 4.69) is 52.9 Å². The Morgan fingerprint density at radius 2 is 1.90 bits per heavy atom. The summed E-state index contributed by atoms with van der Waals surface area (Å²) >= 11 is 3.50. The van der Waals surface area contributed by atoms with Gasteiger partial charge in [0.1, 0.15) is 0 Å². The van der Waals surface area contributed by atoms with Gasteiger partial charge in [0.15, 0.2) is 0 Å². The molecule has 1 saturated carbocycles. The van der Waals surface area contributed by atoms with Gasteiger partial charge >= 0.3 is 0 Å². The lowest BCUT2D eigenvalue weighted by molar-refractivity contribution is -0.133. The number of carbonyl (C=O) groups is 1. The lowest BCUT2D eigenvalue weighted by Gasteiger charge is -2.34. The molecule has 0 unspecified atom stereocenters. The van der Waals surface area contributed by atoms with Gasteiger partial charge in [0, 0.05) is 17.9 Å². The Kier molecular flexibility index (Phi) is 6.28. The molecule has 0 aromatic heterocycles. The molecule has 1 fully saturated rings. The van der Waals surface area contributed by atoms with Crippen molar-refractivity contribution in [1.82, 2.24) is 4.90 Å². The van der Waals surface area contributed by atoms with Crippen LogP contribution in [0.25, 0.3) is 0 Å². The highest BCUT2D eigenvalue weighted by Gasteiger charge is 2.24. The van der Waals surface area contributed by atoms with Crippen LogP contribution in [-0.2, 0) is 11.2 Å². The zero-order valence-corrected chi connectivity index (χ0v) is 14.8. The summed E-state index contributed by atoms with van der Waals surface area (Å²) in [7, 11) is 0. The lowest BCUT2D eigenvalue weighted by atomic mass is 9.93. The molecule has 0 aliphatic heterocycles. The Balaban J connectivity index is 2.05. The number of amides is 1. The summed E-state index contributed by atoms with van der Waals surface area (Å²) in [6.07, 6.45) is 6.73. The van der Waals surface area contributed by atoms with Crippen LogP contribution in [0.4, 0.5) is 0 Å². The second-order valence-electron chi connectivity index (χ2n) is 6.16. The molecule has 21 heavy (non-hydrogen) atoms. The highest BCUT2D eigenvalue weighted by molar-refractivity contribution is 9.09. The maximum atomic E-state index is 12.7. The zero-order valence-electron chi connectivity index (χ0n) is 13.2. The molecule has 3 heteroatoms. The van der Waals surface area contributed by atoms with E-state index < -0.39 is 0 Å². The second-order valence-corrected chi connectivity index (χ2v) is 6.96. The fourth-order valence-corrected chi connectivity index (χ4v) is 3.57. The first kappa shape index (κ1) is 16.5. The Morgan fingerprint density at radius 3 is 2.52 bits per heavy atom. The number of rotatable bonds is 5. The van der Waals surface area contributed by atoms with Crippen LogP contribution in [0.3, 0.4) is 0 Å². The molecule has 1 aliphatic rings. The molecule has 0 heterocycles. The van der Waals surface area contributed by atoms with E-state index in [1.165, 1.54) is 43.2 Å². The maximum Gasteiger partial charge on any atom is 0.227 e. The zero-order chi connectivity index (χ0) is 15.2. The average Bonchev–Trinajstić information content (AvgIpc) is 2.49. The molecule has 116 valence electrons. The number of hydrogen-bond donors (Lipinski definition) is 0. The summed E-state index contributed by atoms with van der Waals surface area (Å²) in [5, 5.41) is 0.863. The largest absolute Gasteiger partial charge is 0.339 e.